The van der Waals surface area contributed by atoms with Crippen LogP contribution in [0.1, 0.15) is 31.5 Å². The maximum atomic E-state index is 13.2. The quantitative estimate of drug-likeness (QED) is 0.902. The largest absolute Gasteiger partial charge is 0.379 e. The minimum absolute atomic E-state index is 0.373. The number of halogens is 1. The molecule has 1 unspecified atom stereocenters. The number of aryl methyl sites for hydroxylation is 1. The van der Waals surface area contributed by atoms with E-state index in [1.54, 1.807) is 23.7 Å². The molecule has 2 aromatic rings. The number of hydrogen-bond donors (Lipinski definition) is 1. The monoisotopic (exact) mass is 249 g/mol. The van der Waals surface area contributed by atoms with Gasteiger partial charge in [-0.25, -0.2) is 9.07 Å². The summed E-state index contributed by atoms with van der Waals surface area (Å²) in [5.41, 5.74) is -0.252. The van der Waals surface area contributed by atoms with E-state index in [2.05, 4.69) is 10.3 Å². The van der Waals surface area contributed by atoms with Crippen LogP contribution in [-0.4, -0.2) is 20.1 Å². The maximum absolute atomic E-state index is 13.2. The summed E-state index contributed by atoms with van der Waals surface area (Å²) in [7, 11) is 0. The van der Waals surface area contributed by atoms with E-state index in [1.807, 2.05) is 6.92 Å². The summed E-state index contributed by atoms with van der Waals surface area (Å²) < 4.78 is 14.9. The lowest BCUT2D eigenvalue weighted by Gasteiger charge is -2.24. The number of aliphatic hydroxyl groups is 1. The lowest BCUT2D eigenvalue weighted by Crippen LogP contribution is -2.27. The molecule has 1 aromatic carbocycles. The Hall–Kier alpha value is -1.75. The molecular formula is C13H16FN3O. The van der Waals surface area contributed by atoms with E-state index in [0.29, 0.717) is 17.8 Å². The highest BCUT2D eigenvalue weighted by Crippen LogP contribution is 2.28. The molecule has 0 spiro atoms. The van der Waals surface area contributed by atoms with Crippen molar-refractivity contribution in [1.82, 2.24) is 15.0 Å². The number of aromatic nitrogens is 3. The molecule has 96 valence electrons. The van der Waals surface area contributed by atoms with Gasteiger partial charge < -0.3 is 5.11 Å². The average molecular weight is 249 g/mol. The summed E-state index contributed by atoms with van der Waals surface area (Å²) in [5.74, 6) is -0.373. The van der Waals surface area contributed by atoms with E-state index in [1.165, 1.54) is 18.3 Å². The molecule has 0 aliphatic heterocycles. The third kappa shape index (κ3) is 2.26. The first-order valence-corrected chi connectivity index (χ1v) is 5.93. The highest BCUT2D eigenvalue weighted by Gasteiger charge is 2.30. The second-order valence-electron chi connectivity index (χ2n) is 4.42. The summed E-state index contributed by atoms with van der Waals surface area (Å²) in [6.07, 6.45) is 2.40. The Labute approximate surface area is 105 Å². The van der Waals surface area contributed by atoms with Gasteiger partial charge in [-0.15, -0.1) is 5.10 Å². The molecule has 1 atom stereocenters. The van der Waals surface area contributed by atoms with E-state index >= 15 is 0 Å². The van der Waals surface area contributed by atoms with Gasteiger partial charge in [-0.05, 0) is 31.0 Å². The molecule has 0 radical (unpaired) electrons. The van der Waals surface area contributed by atoms with Crippen LogP contribution in [0.5, 0.6) is 0 Å². The Balaban J connectivity index is 2.44. The van der Waals surface area contributed by atoms with Crippen LogP contribution < -0.4 is 0 Å². The van der Waals surface area contributed by atoms with Crippen molar-refractivity contribution in [2.24, 2.45) is 0 Å². The van der Waals surface area contributed by atoms with Crippen molar-refractivity contribution in [3.8, 4) is 0 Å². The first kappa shape index (κ1) is 12.7. The molecular weight excluding hydrogens is 233 g/mol. The van der Waals surface area contributed by atoms with E-state index in [-0.39, 0.29) is 5.82 Å². The molecule has 0 aliphatic carbocycles. The molecule has 18 heavy (non-hydrogen) atoms. The molecule has 0 fully saturated rings. The highest BCUT2D eigenvalue weighted by molar-refractivity contribution is 5.30. The van der Waals surface area contributed by atoms with Crippen molar-refractivity contribution in [2.45, 2.75) is 32.4 Å². The molecule has 0 bridgehead atoms. The van der Waals surface area contributed by atoms with Crippen molar-refractivity contribution in [3.63, 3.8) is 0 Å². The van der Waals surface area contributed by atoms with Gasteiger partial charge in [0.05, 0.1) is 11.9 Å². The zero-order chi connectivity index (χ0) is 13.2. The summed E-state index contributed by atoms with van der Waals surface area (Å²) in [6, 6.07) is 5.93. The summed E-state index contributed by atoms with van der Waals surface area (Å²) >= 11 is 0. The predicted octanol–water partition coefficient (Wildman–Crippen LogP) is 2.08. The average Bonchev–Trinajstić information content (AvgIpc) is 2.78. The second-order valence-corrected chi connectivity index (χ2v) is 4.42. The summed E-state index contributed by atoms with van der Waals surface area (Å²) in [4.78, 5) is 0. The fraction of sp³-hybridized carbons (Fsp3) is 0.385. The molecule has 0 aliphatic rings. The topological polar surface area (TPSA) is 50.9 Å². The predicted molar refractivity (Wildman–Crippen MR) is 65.4 cm³/mol. The van der Waals surface area contributed by atoms with Crippen molar-refractivity contribution in [3.05, 3.63) is 47.5 Å². The molecule has 2 rings (SSSR count). The Morgan fingerprint density at radius 3 is 2.89 bits per heavy atom. The van der Waals surface area contributed by atoms with Crippen molar-refractivity contribution in [2.75, 3.05) is 0 Å². The van der Waals surface area contributed by atoms with Gasteiger partial charge in [0.25, 0.3) is 0 Å². The van der Waals surface area contributed by atoms with Crippen LogP contribution >= 0.6 is 0 Å². The summed E-state index contributed by atoms with van der Waals surface area (Å²) in [5, 5.41) is 18.4. The zero-order valence-corrected chi connectivity index (χ0v) is 10.5. The van der Waals surface area contributed by atoms with Gasteiger partial charge in [0, 0.05) is 6.54 Å². The molecule has 0 saturated carbocycles. The molecule has 4 nitrogen and oxygen atoms in total. The fourth-order valence-corrected chi connectivity index (χ4v) is 1.95. The van der Waals surface area contributed by atoms with Crippen molar-refractivity contribution in [1.29, 1.82) is 0 Å². The normalized spacial score (nSPS) is 14.4. The van der Waals surface area contributed by atoms with E-state index < -0.39 is 5.60 Å². The Morgan fingerprint density at radius 2 is 2.22 bits per heavy atom. The SMILES string of the molecule is CCCn1nncc1C(C)(O)c1cccc(F)c1. The van der Waals surface area contributed by atoms with Crippen molar-refractivity contribution < 1.29 is 9.50 Å². The molecule has 1 heterocycles. The van der Waals surface area contributed by atoms with Crippen LogP contribution in [0.4, 0.5) is 4.39 Å². The molecule has 5 heteroatoms. The highest BCUT2D eigenvalue weighted by atomic mass is 19.1. The van der Waals surface area contributed by atoms with E-state index in [0.717, 1.165) is 6.42 Å². The van der Waals surface area contributed by atoms with Gasteiger partial charge in [-0.2, -0.15) is 0 Å². The number of hydrogen-bond acceptors (Lipinski definition) is 3. The van der Waals surface area contributed by atoms with Crippen LogP contribution in [0, 0.1) is 5.82 Å². The lowest BCUT2D eigenvalue weighted by molar-refractivity contribution is 0.0910. The van der Waals surface area contributed by atoms with Gasteiger partial charge in [0.15, 0.2) is 0 Å². The Bertz CT molecular complexity index is 537. The fourth-order valence-electron chi connectivity index (χ4n) is 1.95. The van der Waals surface area contributed by atoms with Gasteiger partial charge in [-0.3, -0.25) is 0 Å². The molecule has 0 saturated heterocycles. The second kappa shape index (κ2) is 4.86. The summed E-state index contributed by atoms with van der Waals surface area (Å²) in [6.45, 7) is 4.30. The van der Waals surface area contributed by atoms with Gasteiger partial charge in [0.1, 0.15) is 11.4 Å². The molecule has 0 amide bonds. The smallest absolute Gasteiger partial charge is 0.130 e. The van der Waals surface area contributed by atoms with Gasteiger partial charge >= 0.3 is 0 Å². The van der Waals surface area contributed by atoms with Crippen LogP contribution in [-0.2, 0) is 12.1 Å². The minimum Gasteiger partial charge on any atom is -0.379 e. The van der Waals surface area contributed by atoms with Crippen LogP contribution in [0.3, 0.4) is 0 Å². The molecule has 1 N–H and O–H groups in total. The van der Waals surface area contributed by atoms with Crippen LogP contribution in [0.2, 0.25) is 0 Å². The van der Waals surface area contributed by atoms with Crippen molar-refractivity contribution >= 4 is 0 Å². The minimum atomic E-state index is -1.30. The van der Waals surface area contributed by atoms with Gasteiger partial charge in [-0.1, -0.05) is 24.3 Å². The zero-order valence-electron chi connectivity index (χ0n) is 10.5. The maximum Gasteiger partial charge on any atom is 0.130 e. The van der Waals surface area contributed by atoms with Crippen LogP contribution in [0.25, 0.3) is 0 Å². The molecule has 1 aromatic heterocycles. The van der Waals surface area contributed by atoms with Gasteiger partial charge in [0.2, 0.25) is 0 Å². The standard InChI is InChI=1S/C13H16FN3O/c1-3-7-17-12(9-15-16-17)13(2,18)10-5-4-6-11(14)8-10/h4-6,8-9,18H,3,7H2,1-2H3. The van der Waals surface area contributed by atoms with E-state index in [9.17, 15) is 9.50 Å². The number of rotatable bonds is 4. The Kier molecular flexibility index (Phi) is 3.43. The van der Waals surface area contributed by atoms with E-state index in [4.69, 9.17) is 0 Å². The third-order valence-electron chi connectivity index (χ3n) is 2.94. The first-order chi connectivity index (χ1) is 8.55. The third-order valence-corrected chi connectivity index (χ3v) is 2.94. The number of nitrogens with zero attached hydrogens (tertiary/aromatic N) is 3. The Morgan fingerprint density at radius 1 is 1.44 bits per heavy atom. The number of benzene rings is 1. The first-order valence-electron chi connectivity index (χ1n) is 5.93. The van der Waals surface area contributed by atoms with Crippen LogP contribution in [0.15, 0.2) is 30.5 Å². The lowest BCUT2D eigenvalue weighted by atomic mass is 9.92.